The van der Waals surface area contributed by atoms with Gasteiger partial charge in [0.05, 0.1) is 0 Å². The van der Waals surface area contributed by atoms with Gasteiger partial charge in [-0.25, -0.2) is 0 Å². The maximum atomic E-state index is 11.3. The molecule has 9 heavy (non-hydrogen) atoms. The minimum absolute atomic E-state index is 0.0763. The molecule has 0 amide bonds. The van der Waals surface area contributed by atoms with Crippen LogP contribution in [0.3, 0.4) is 0 Å². The summed E-state index contributed by atoms with van der Waals surface area (Å²) in [5.74, 6) is -1.03. The average molecular weight is 161 g/mol. The maximum absolute atomic E-state index is 11.3. The molecule has 0 N–H and O–H groups in total. The van der Waals surface area contributed by atoms with Gasteiger partial charge in [-0.2, -0.15) is 0 Å². The molecule has 0 aromatic heterocycles. The van der Waals surface area contributed by atoms with E-state index in [0.29, 0.717) is 0 Å². The Hall–Kier alpha value is -0.450. The summed E-state index contributed by atoms with van der Waals surface area (Å²) < 4.78 is 33.7. The molecule has 0 spiro atoms. The first-order valence-corrected chi connectivity index (χ1v) is 2.61. The summed E-state index contributed by atoms with van der Waals surface area (Å²) in [6.07, 6.45) is -0.273. The van der Waals surface area contributed by atoms with E-state index in [0.717, 1.165) is 0 Å². The number of amidine groups is 1. The third-order valence-electron chi connectivity index (χ3n) is 0.611. The molecule has 0 bridgehead atoms. The van der Waals surface area contributed by atoms with Gasteiger partial charge in [-0.1, -0.05) is 18.7 Å². The summed E-state index contributed by atoms with van der Waals surface area (Å²) in [7, 11) is 0. The van der Waals surface area contributed by atoms with Crippen molar-refractivity contribution in [2.24, 2.45) is 5.21 Å². The third kappa shape index (κ3) is 3.18. The summed E-state index contributed by atoms with van der Waals surface area (Å²) in [5, 5.41) is 0.385. The predicted molar refractivity (Wildman–Crippen MR) is 27.9 cm³/mol. The van der Waals surface area contributed by atoms with E-state index in [4.69, 9.17) is 11.6 Å². The Labute approximate surface area is 54.7 Å². The van der Waals surface area contributed by atoms with Gasteiger partial charge < -0.3 is 0 Å². The van der Waals surface area contributed by atoms with Crippen molar-refractivity contribution in [3.8, 4) is 0 Å². The Kier molecular flexibility index (Phi) is 4.21. The smallest absolute Gasteiger partial charge is 0.126 e. The molecule has 0 rings (SSSR count). The molecular weight excluding hydrogens is 156 g/mol. The minimum atomic E-state index is -1.40. The van der Waals surface area contributed by atoms with E-state index in [9.17, 15) is 13.4 Å². The molecule has 0 unspecified atom stereocenters. The molecule has 0 fully saturated rings. The van der Waals surface area contributed by atoms with Gasteiger partial charge in [-0.3, -0.25) is 0 Å². The molecule has 0 saturated carbocycles. The number of hydrogen-bond acceptors (Lipinski definition) is 1. The molecule has 0 radical (unpaired) electrons. The molecule has 0 aromatic rings. The van der Waals surface area contributed by atoms with E-state index in [2.05, 4.69) is 0 Å². The van der Waals surface area contributed by atoms with Crippen LogP contribution in [0.4, 0.5) is 13.4 Å². The van der Waals surface area contributed by atoms with E-state index in [1.807, 2.05) is 0 Å². The van der Waals surface area contributed by atoms with Crippen LogP contribution in [0.1, 0.15) is 6.42 Å². The van der Waals surface area contributed by atoms with Crippen LogP contribution in [0.2, 0.25) is 0 Å². The highest BCUT2D eigenvalue weighted by atomic mass is 35.5. The van der Waals surface area contributed by atoms with Gasteiger partial charge in [0.15, 0.2) is 0 Å². The van der Waals surface area contributed by atoms with Crippen LogP contribution in [0.5, 0.6) is 0 Å². The van der Waals surface area contributed by atoms with Gasteiger partial charge in [0.25, 0.3) is 0 Å². The van der Waals surface area contributed by atoms with Crippen LogP contribution >= 0.6 is 11.6 Å². The number of nitrogens with zero attached hydrogens (tertiary/aromatic N) is 2. The largest absolute Gasteiger partial charge is 0.204 e. The van der Waals surface area contributed by atoms with E-state index < -0.39 is 11.2 Å². The molecule has 0 aliphatic heterocycles. The van der Waals surface area contributed by atoms with Crippen molar-refractivity contribution >= 4 is 17.4 Å². The maximum Gasteiger partial charge on any atom is 0.204 e. The van der Waals surface area contributed by atoms with Crippen LogP contribution in [-0.2, 0) is 0 Å². The second-order valence-electron chi connectivity index (χ2n) is 1.17. The fourth-order valence-corrected chi connectivity index (χ4v) is 0.409. The first kappa shape index (κ1) is 8.55. The lowest BCUT2D eigenvalue weighted by Gasteiger charge is -1.99. The number of rotatable bonds is 2. The van der Waals surface area contributed by atoms with Crippen LogP contribution < -0.4 is 0 Å². The summed E-state index contributed by atoms with van der Waals surface area (Å²) in [4.78, 5) is 0. The lowest BCUT2D eigenvalue weighted by molar-refractivity contribution is -0.0772. The SMILES string of the molecule is F/N=C(\CCCl)N(F)F. The monoisotopic (exact) mass is 160 g/mol. The molecule has 0 atom stereocenters. The molecular formula is C3H4ClF3N2. The highest BCUT2D eigenvalue weighted by Gasteiger charge is 2.08. The highest BCUT2D eigenvalue weighted by molar-refractivity contribution is 6.19. The fraction of sp³-hybridized carbons (Fsp3) is 0.667. The summed E-state index contributed by atoms with van der Waals surface area (Å²) >= 11 is 5.01. The molecule has 2 nitrogen and oxygen atoms in total. The first-order chi connectivity index (χ1) is 4.22. The average Bonchev–Trinajstić information content (AvgIpc) is 1.82. The Morgan fingerprint density at radius 3 is 2.22 bits per heavy atom. The Morgan fingerprint density at radius 2 is 2.11 bits per heavy atom. The number of alkyl halides is 1. The minimum Gasteiger partial charge on any atom is -0.126 e. The predicted octanol–water partition coefficient (Wildman–Crippen LogP) is 1.97. The normalized spacial score (nSPS) is 11.8. The zero-order valence-electron chi connectivity index (χ0n) is 4.32. The number of halogens is 4. The van der Waals surface area contributed by atoms with Crippen molar-refractivity contribution in [1.82, 2.24) is 5.34 Å². The van der Waals surface area contributed by atoms with E-state index in [-0.39, 0.29) is 12.3 Å². The van der Waals surface area contributed by atoms with Gasteiger partial charge in [-0.05, 0) is 5.34 Å². The third-order valence-corrected chi connectivity index (χ3v) is 0.800. The zero-order valence-corrected chi connectivity index (χ0v) is 5.08. The fourth-order valence-electron chi connectivity index (χ4n) is 0.240. The zero-order chi connectivity index (χ0) is 7.28. The van der Waals surface area contributed by atoms with Crippen molar-refractivity contribution in [3.63, 3.8) is 0 Å². The molecule has 0 saturated heterocycles. The van der Waals surface area contributed by atoms with Gasteiger partial charge in [0, 0.05) is 12.3 Å². The van der Waals surface area contributed by atoms with Gasteiger partial charge in [0.2, 0.25) is 5.84 Å². The van der Waals surface area contributed by atoms with Gasteiger partial charge >= 0.3 is 0 Å². The Morgan fingerprint density at radius 1 is 1.56 bits per heavy atom. The van der Waals surface area contributed by atoms with Crippen molar-refractivity contribution in [1.29, 1.82) is 0 Å². The van der Waals surface area contributed by atoms with Gasteiger partial charge in [0.1, 0.15) is 0 Å². The second-order valence-corrected chi connectivity index (χ2v) is 1.55. The van der Waals surface area contributed by atoms with Crippen molar-refractivity contribution in [2.45, 2.75) is 6.42 Å². The first-order valence-electron chi connectivity index (χ1n) is 2.08. The lowest BCUT2D eigenvalue weighted by atomic mass is 10.5. The molecule has 0 heterocycles. The van der Waals surface area contributed by atoms with Crippen molar-refractivity contribution in [2.75, 3.05) is 5.88 Å². The second kappa shape index (κ2) is 4.43. The standard InChI is InChI=1S/C3H4ClF3N2/c4-2-1-3(8-5)9(6)7/h1-2H2/b8-3+. The quantitative estimate of drug-likeness (QED) is 0.261. The topological polar surface area (TPSA) is 15.6 Å². The summed E-state index contributed by atoms with van der Waals surface area (Å²) in [5.41, 5.74) is 0. The Balaban J connectivity index is 3.70. The molecule has 0 aliphatic rings. The van der Waals surface area contributed by atoms with Crippen molar-refractivity contribution < 1.29 is 13.4 Å². The summed E-state index contributed by atoms with van der Waals surface area (Å²) in [6.45, 7) is 0. The van der Waals surface area contributed by atoms with E-state index >= 15 is 0 Å². The van der Waals surface area contributed by atoms with Crippen molar-refractivity contribution in [3.05, 3.63) is 0 Å². The van der Waals surface area contributed by atoms with E-state index in [1.165, 1.54) is 0 Å². The number of hydrogen-bond donors (Lipinski definition) is 0. The summed E-state index contributed by atoms with van der Waals surface area (Å²) in [6, 6.07) is 0. The van der Waals surface area contributed by atoms with Crippen LogP contribution in [0, 0.1) is 0 Å². The molecule has 0 aliphatic carbocycles. The van der Waals surface area contributed by atoms with E-state index in [1.54, 1.807) is 5.21 Å². The lowest BCUT2D eigenvalue weighted by Crippen LogP contribution is -2.13. The molecule has 6 heteroatoms. The Bertz CT molecular complexity index is 105. The van der Waals surface area contributed by atoms with Gasteiger partial charge in [-0.15, -0.1) is 11.6 Å². The van der Waals surface area contributed by atoms with Crippen LogP contribution in [-0.4, -0.2) is 17.1 Å². The molecule has 54 valence electrons. The van der Waals surface area contributed by atoms with Crippen LogP contribution in [0.25, 0.3) is 0 Å². The van der Waals surface area contributed by atoms with Crippen LogP contribution in [0.15, 0.2) is 5.21 Å². The highest BCUT2D eigenvalue weighted by Crippen LogP contribution is 2.00. The molecule has 0 aromatic carbocycles.